The van der Waals surface area contributed by atoms with Crippen LogP contribution in [0.15, 0.2) is 71.1 Å². The van der Waals surface area contributed by atoms with Crippen molar-refractivity contribution in [2.75, 3.05) is 53.0 Å². The van der Waals surface area contributed by atoms with Crippen molar-refractivity contribution >= 4 is 28.9 Å². The van der Waals surface area contributed by atoms with Gasteiger partial charge >= 0.3 is 0 Å². The topological polar surface area (TPSA) is 74.7 Å². The number of carbonyl (C=O) groups is 2. The van der Waals surface area contributed by atoms with Crippen LogP contribution in [0.4, 0.5) is 4.39 Å². The van der Waals surface area contributed by atoms with Crippen LogP contribution < -0.4 is 4.74 Å². The molecule has 3 aromatic rings. The van der Waals surface area contributed by atoms with E-state index in [2.05, 4.69) is 4.90 Å². The van der Waals surface area contributed by atoms with Crippen molar-refractivity contribution in [3.05, 3.63) is 87.9 Å². The highest BCUT2D eigenvalue weighted by molar-refractivity contribution is 7.12. The van der Waals surface area contributed by atoms with Crippen molar-refractivity contribution in [1.82, 2.24) is 14.8 Å². The maximum atomic E-state index is 14.6. The number of halogens is 1. The molecule has 1 atom stereocenters. The fourth-order valence-corrected chi connectivity index (χ4v) is 5.62. The second-order valence-electron chi connectivity index (χ2n) is 9.38. The van der Waals surface area contributed by atoms with Crippen molar-refractivity contribution in [2.45, 2.75) is 12.5 Å². The van der Waals surface area contributed by atoms with E-state index < -0.39 is 17.8 Å². The number of hydrogen-bond acceptors (Lipinski definition) is 7. The van der Waals surface area contributed by atoms with E-state index in [0.29, 0.717) is 31.9 Å². The molecule has 0 aliphatic carbocycles. The molecule has 2 aliphatic rings. The molecule has 0 unspecified atom stereocenters. The van der Waals surface area contributed by atoms with Crippen molar-refractivity contribution < 1.29 is 23.5 Å². The van der Waals surface area contributed by atoms with Gasteiger partial charge in [-0.3, -0.25) is 14.5 Å². The number of nitrogens with zero attached hydrogens (tertiary/aromatic N) is 4. The fourth-order valence-electron chi connectivity index (χ4n) is 4.90. The summed E-state index contributed by atoms with van der Waals surface area (Å²) in [4.78, 5) is 32.0. The van der Waals surface area contributed by atoms with E-state index in [-0.39, 0.29) is 24.6 Å². The number of morpholine rings is 1. The molecule has 39 heavy (non-hydrogen) atoms. The van der Waals surface area contributed by atoms with Crippen LogP contribution >= 0.6 is 11.3 Å². The molecule has 2 aliphatic heterocycles. The Balaban J connectivity index is 1.42. The van der Waals surface area contributed by atoms with E-state index in [1.54, 1.807) is 24.5 Å². The molecule has 1 saturated heterocycles. The highest BCUT2D eigenvalue weighted by Crippen LogP contribution is 2.38. The van der Waals surface area contributed by atoms with Gasteiger partial charge in [-0.2, -0.15) is 5.10 Å². The maximum absolute atomic E-state index is 14.6. The zero-order valence-electron chi connectivity index (χ0n) is 21.8. The molecule has 5 rings (SSSR count). The van der Waals surface area contributed by atoms with Crippen LogP contribution in [0.3, 0.4) is 0 Å². The van der Waals surface area contributed by atoms with Gasteiger partial charge in [0.1, 0.15) is 18.1 Å². The second kappa shape index (κ2) is 12.5. The lowest BCUT2D eigenvalue weighted by atomic mass is 10.00. The molecule has 0 spiro atoms. The van der Waals surface area contributed by atoms with Crippen LogP contribution in [0.25, 0.3) is 0 Å². The average Bonchev–Trinajstić information content (AvgIpc) is 3.66. The third kappa shape index (κ3) is 6.19. The standard InChI is InChI=1S/C29H31FN4O4S/c1-37-26-10-5-3-8-22(26)25-19-24(27-11-6-18-39-27)31-34(25)28(35)20-33(13-12-32-14-16-38-17-15-32)29(36)21-7-2-4-9-23(21)30/h2-11,18,25H,12-17,19-20H2,1H3/t25-/m0/s1. The van der Waals surface area contributed by atoms with Crippen LogP contribution in [0.5, 0.6) is 5.75 Å². The first-order valence-corrected chi connectivity index (χ1v) is 13.8. The molecule has 2 amide bonds. The van der Waals surface area contributed by atoms with Gasteiger partial charge < -0.3 is 14.4 Å². The third-order valence-electron chi connectivity index (χ3n) is 6.98. The summed E-state index contributed by atoms with van der Waals surface area (Å²) in [5, 5.41) is 8.17. The van der Waals surface area contributed by atoms with Crippen LogP contribution in [-0.4, -0.2) is 85.4 Å². The van der Waals surface area contributed by atoms with Crippen molar-refractivity contribution in [1.29, 1.82) is 0 Å². The number of hydrogen-bond donors (Lipinski definition) is 0. The van der Waals surface area contributed by atoms with E-state index >= 15 is 0 Å². The fraction of sp³-hybridized carbons (Fsp3) is 0.345. The number of hydrazone groups is 1. The highest BCUT2D eigenvalue weighted by atomic mass is 32.1. The number of carbonyl (C=O) groups excluding carboxylic acids is 2. The van der Waals surface area contributed by atoms with Crippen LogP contribution in [0, 0.1) is 5.82 Å². The number of rotatable bonds is 9. The number of para-hydroxylation sites is 1. The lowest BCUT2D eigenvalue weighted by Gasteiger charge is -2.31. The largest absolute Gasteiger partial charge is 0.496 e. The molecule has 10 heteroatoms. The molecule has 0 radical (unpaired) electrons. The second-order valence-corrected chi connectivity index (χ2v) is 10.3. The molecule has 0 bridgehead atoms. The molecule has 0 N–H and O–H groups in total. The van der Waals surface area contributed by atoms with Gasteiger partial charge in [0.2, 0.25) is 0 Å². The van der Waals surface area contributed by atoms with E-state index in [1.807, 2.05) is 41.8 Å². The molecule has 1 aromatic heterocycles. The minimum absolute atomic E-state index is 0.0576. The predicted octanol–water partition coefficient (Wildman–Crippen LogP) is 4.05. The minimum Gasteiger partial charge on any atom is -0.496 e. The number of benzene rings is 2. The van der Waals surface area contributed by atoms with Gasteiger partial charge in [-0.1, -0.05) is 36.4 Å². The van der Waals surface area contributed by atoms with Gasteiger partial charge in [0.25, 0.3) is 11.8 Å². The van der Waals surface area contributed by atoms with Crippen LogP contribution in [-0.2, 0) is 9.53 Å². The van der Waals surface area contributed by atoms with Crippen molar-refractivity contribution in [3.63, 3.8) is 0 Å². The monoisotopic (exact) mass is 550 g/mol. The molecule has 3 heterocycles. The van der Waals surface area contributed by atoms with Gasteiger partial charge in [0, 0.05) is 38.2 Å². The molecule has 8 nitrogen and oxygen atoms in total. The number of amides is 2. The Bertz CT molecular complexity index is 1330. The Labute approximate surface area is 231 Å². The SMILES string of the molecule is COc1ccccc1[C@@H]1CC(c2cccs2)=NN1C(=O)CN(CCN1CCOCC1)C(=O)c1ccccc1F. The predicted molar refractivity (Wildman–Crippen MR) is 148 cm³/mol. The Hall–Kier alpha value is -3.60. The van der Waals surface area contributed by atoms with Gasteiger partial charge in [-0.25, -0.2) is 9.40 Å². The zero-order chi connectivity index (χ0) is 27.2. The number of thiophene rings is 1. The van der Waals surface area contributed by atoms with E-state index in [4.69, 9.17) is 14.6 Å². The lowest BCUT2D eigenvalue weighted by Crippen LogP contribution is -2.46. The zero-order valence-corrected chi connectivity index (χ0v) is 22.6. The van der Waals surface area contributed by atoms with E-state index in [0.717, 1.165) is 29.2 Å². The van der Waals surface area contributed by atoms with Gasteiger partial charge in [-0.15, -0.1) is 11.3 Å². The van der Waals surface area contributed by atoms with Gasteiger partial charge in [0.05, 0.1) is 42.5 Å². The summed E-state index contributed by atoms with van der Waals surface area (Å²) in [6.07, 6.45) is 0.516. The Morgan fingerprint density at radius 3 is 2.62 bits per heavy atom. The first kappa shape index (κ1) is 27.0. The van der Waals surface area contributed by atoms with Crippen molar-refractivity contribution in [2.24, 2.45) is 5.10 Å². The van der Waals surface area contributed by atoms with Gasteiger partial charge in [0.15, 0.2) is 0 Å². The van der Waals surface area contributed by atoms with Crippen molar-refractivity contribution in [3.8, 4) is 5.75 Å². The Morgan fingerprint density at radius 2 is 1.87 bits per heavy atom. The minimum atomic E-state index is -0.614. The summed E-state index contributed by atoms with van der Waals surface area (Å²) in [6.45, 7) is 3.32. The average molecular weight is 551 g/mol. The van der Waals surface area contributed by atoms with Gasteiger partial charge in [-0.05, 0) is 29.6 Å². The van der Waals surface area contributed by atoms with Crippen LogP contribution in [0.1, 0.15) is 33.3 Å². The third-order valence-corrected chi connectivity index (χ3v) is 7.90. The smallest absolute Gasteiger partial charge is 0.262 e. The Morgan fingerprint density at radius 1 is 1.10 bits per heavy atom. The van der Waals surface area contributed by atoms with E-state index in [9.17, 15) is 14.0 Å². The summed E-state index contributed by atoms with van der Waals surface area (Å²) < 4.78 is 25.6. The summed E-state index contributed by atoms with van der Waals surface area (Å²) in [6, 6.07) is 17.0. The normalized spacial score (nSPS) is 17.6. The first-order valence-electron chi connectivity index (χ1n) is 13.0. The number of methoxy groups -OCH3 is 1. The van der Waals surface area contributed by atoms with Crippen LogP contribution in [0.2, 0.25) is 0 Å². The summed E-state index contributed by atoms with van der Waals surface area (Å²) in [5.41, 5.74) is 1.58. The maximum Gasteiger partial charge on any atom is 0.262 e. The summed E-state index contributed by atoms with van der Waals surface area (Å²) in [7, 11) is 1.60. The first-order chi connectivity index (χ1) is 19.0. The molecular weight excluding hydrogens is 519 g/mol. The number of ether oxygens (including phenoxy) is 2. The summed E-state index contributed by atoms with van der Waals surface area (Å²) in [5.74, 6) is -0.818. The molecular formula is C29H31FN4O4S. The summed E-state index contributed by atoms with van der Waals surface area (Å²) >= 11 is 1.56. The Kier molecular flexibility index (Phi) is 8.65. The molecule has 0 saturated carbocycles. The lowest BCUT2D eigenvalue weighted by molar-refractivity contribution is -0.133. The highest BCUT2D eigenvalue weighted by Gasteiger charge is 2.36. The quantitative estimate of drug-likeness (QED) is 0.402. The van der Waals surface area contributed by atoms with E-state index in [1.165, 1.54) is 28.1 Å². The molecule has 2 aromatic carbocycles. The molecule has 1 fully saturated rings. The molecule has 204 valence electrons.